The predicted molar refractivity (Wildman–Crippen MR) is 119 cm³/mol. The van der Waals surface area contributed by atoms with Crippen LogP contribution in [0.1, 0.15) is 25.3 Å². The molecule has 2 N–H and O–H groups in total. The molecule has 2 aromatic carbocycles. The van der Waals surface area contributed by atoms with Crippen molar-refractivity contribution >= 4 is 11.6 Å². The topological polar surface area (TPSA) is 73.7 Å². The summed E-state index contributed by atoms with van der Waals surface area (Å²) in [4.78, 5) is 17.9. The van der Waals surface area contributed by atoms with E-state index in [0.29, 0.717) is 35.1 Å². The molecule has 1 aliphatic rings. The largest absolute Gasteiger partial charge is 0.507 e. The third kappa shape index (κ3) is 4.59. The number of phenols is 1. The number of anilines is 1. The van der Waals surface area contributed by atoms with Gasteiger partial charge in [0.1, 0.15) is 23.2 Å². The number of carbonyl (C=O) groups excluding carboxylic acids is 1. The number of pyridine rings is 1. The van der Waals surface area contributed by atoms with Gasteiger partial charge in [-0.1, -0.05) is 30.3 Å². The van der Waals surface area contributed by atoms with Crippen molar-refractivity contribution in [2.24, 2.45) is 0 Å². The van der Waals surface area contributed by atoms with E-state index >= 15 is 0 Å². The molecule has 1 aromatic heterocycles. The Labute approximate surface area is 180 Å². The fourth-order valence-electron chi connectivity index (χ4n) is 3.99. The molecule has 31 heavy (non-hydrogen) atoms. The normalized spacial score (nSPS) is 14.6. The molecule has 0 radical (unpaired) electrons. The molecule has 1 fully saturated rings. The van der Waals surface area contributed by atoms with E-state index in [4.69, 9.17) is 0 Å². The highest BCUT2D eigenvalue weighted by Gasteiger charge is 2.19. The number of para-hydroxylation sites is 1. The summed E-state index contributed by atoms with van der Waals surface area (Å²) in [5, 5.41) is 20.7. The number of phenolic OH excluding ortho intramolecular Hbond substituents is 1. The summed E-state index contributed by atoms with van der Waals surface area (Å²) >= 11 is 0. The maximum absolute atomic E-state index is 14.5. The van der Waals surface area contributed by atoms with Crippen molar-refractivity contribution in [3.8, 4) is 28.0 Å². The van der Waals surface area contributed by atoms with Gasteiger partial charge in [-0.05, 0) is 54.7 Å². The van der Waals surface area contributed by atoms with Crippen molar-refractivity contribution in [2.75, 3.05) is 18.0 Å². The predicted octanol–water partition coefficient (Wildman–Crippen LogP) is 4.35. The van der Waals surface area contributed by atoms with Gasteiger partial charge in [-0.2, -0.15) is 0 Å². The number of hydrogen-bond acceptors (Lipinski definition) is 5. The molecule has 5 nitrogen and oxygen atoms in total. The molecule has 2 heterocycles. The maximum Gasteiger partial charge on any atom is 0.134 e. The van der Waals surface area contributed by atoms with Crippen molar-refractivity contribution in [1.29, 1.82) is 0 Å². The minimum absolute atomic E-state index is 0.0471. The zero-order chi connectivity index (χ0) is 22.0. The van der Waals surface area contributed by atoms with Gasteiger partial charge in [0, 0.05) is 36.8 Å². The quantitative estimate of drug-likeness (QED) is 0.642. The first kappa shape index (κ1) is 21.0. The molecule has 0 unspecified atom stereocenters. The van der Waals surface area contributed by atoms with Gasteiger partial charge in [-0.25, -0.2) is 9.37 Å². The Morgan fingerprint density at radius 1 is 1.10 bits per heavy atom. The van der Waals surface area contributed by atoms with Crippen molar-refractivity contribution in [1.82, 2.24) is 4.98 Å². The lowest BCUT2D eigenvalue weighted by Gasteiger charge is -2.30. The molecule has 0 amide bonds. The fourth-order valence-corrected chi connectivity index (χ4v) is 3.99. The van der Waals surface area contributed by atoms with Crippen LogP contribution in [-0.2, 0) is 11.2 Å². The summed E-state index contributed by atoms with van der Waals surface area (Å²) in [6.07, 6.45) is 2.90. The first-order valence-corrected chi connectivity index (χ1v) is 10.4. The molecule has 0 spiro atoms. The Hall–Kier alpha value is -3.25. The molecule has 0 aliphatic carbocycles. The summed E-state index contributed by atoms with van der Waals surface area (Å²) in [5.41, 5.74) is 2.85. The number of benzene rings is 2. The van der Waals surface area contributed by atoms with Gasteiger partial charge in [0.25, 0.3) is 0 Å². The molecule has 6 heteroatoms. The number of halogens is 1. The van der Waals surface area contributed by atoms with Crippen molar-refractivity contribution < 1.29 is 19.4 Å². The van der Waals surface area contributed by atoms with E-state index in [2.05, 4.69) is 9.88 Å². The summed E-state index contributed by atoms with van der Waals surface area (Å²) in [6, 6.07) is 13.8. The van der Waals surface area contributed by atoms with Gasteiger partial charge in [0.15, 0.2) is 0 Å². The smallest absolute Gasteiger partial charge is 0.134 e. The number of Topliss-reactive ketones (excluding diaryl/α,β-unsaturated/α-hetero) is 1. The van der Waals surface area contributed by atoms with Crippen LogP contribution in [0.15, 0.2) is 54.7 Å². The maximum atomic E-state index is 14.5. The Kier molecular flexibility index (Phi) is 6.00. The lowest BCUT2D eigenvalue weighted by molar-refractivity contribution is -0.116. The Morgan fingerprint density at radius 2 is 1.77 bits per heavy atom. The molecular weight excluding hydrogens is 395 g/mol. The van der Waals surface area contributed by atoms with Crippen molar-refractivity contribution in [2.45, 2.75) is 32.3 Å². The van der Waals surface area contributed by atoms with Crippen LogP contribution in [0.2, 0.25) is 0 Å². The number of hydrogen-bond donors (Lipinski definition) is 2. The second kappa shape index (κ2) is 8.86. The van der Waals surface area contributed by atoms with Crippen LogP contribution in [-0.4, -0.2) is 40.2 Å². The van der Waals surface area contributed by atoms with Gasteiger partial charge in [0.2, 0.25) is 0 Å². The summed E-state index contributed by atoms with van der Waals surface area (Å²) < 4.78 is 14.5. The van der Waals surface area contributed by atoms with Gasteiger partial charge in [-0.15, -0.1) is 0 Å². The van der Waals surface area contributed by atoms with Crippen molar-refractivity contribution in [3.63, 3.8) is 0 Å². The second-order valence-corrected chi connectivity index (χ2v) is 8.01. The Bertz CT molecular complexity index is 1110. The molecule has 0 atom stereocenters. The van der Waals surface area contributed by atoms with E-state index in [9.17, 15) is 19.4 Å². The Morgan fingerprint density at radius 3 is 2.42 bits per heavy atom. The monoisotopic (exact) mass is 420 g/mol. The minimum Gasteiger partial charge on any atom is -0.507 e. The molecule has 0 bridgehead atoms. The summed E-state index contributed by atoms with van der Waals surface area (Å²) in [7, 11) is 0. The third-order valence-corrected chi connectivity index (χ3v) is 5.68. The number of aliphatic hydroxyl groups is 1. The van der Waals surface area contributed by atoms with Crippen LogP contribution in [0, 0.1) is 5.82 Å². The zero-order valence-corrected chi connectivity index (χ0v) is 17.4. The number of nitrogens with zero attached hydrogens (tertiary/aromatic N) is 2. The SMILES string of the molecule is CC(=O)Cc1ccc(-c2cccc(-c3ccnc(N4CCC(O)CC4)c3)c2O)cc1F. The number of aromatic nitrogens is 1. The molecule has 1 saturated heterocycles. The lowest BCUT2D eigenvalue weighted by atomic mass is 9.96. The van der Waals surface area contributed by atoms with E-state index in [1.165, 1.54) is 13.0 Å². The van der Waals surface area contributed by atoms with E-state index in [1.54, 1.807) is 24.4 Å². The highest BCUT2D eigenvalue weighted by molar-refractivity contribution is 5.83. The molecule has 1 aliphatic heterocycles. The van der Waals surface area contributed by atoms with Gasteiger partial charge in [0.05, 0.1) is 6.10 Å². The fraction of sp³-hybridized carbons (Fsp3) is 0.280. The third-order valence-electron chi connectivity index (χ3n) is 5.68. The van der Waals surface area contributed by atoms with E-state index in [0.717, 1.165) is 24.5 Å². The van der Waals surface area contributed by atoms with Crippen LogP contribution >= 0.6 is 0 Å². The van der Waals surface area contributed by atoms with Crippen LogP contribution < -0.4 is 4.90 Å². The molecule has 3 aromatic rings. The molecular formula is C25H25FN2O3. The van der Waals surface area contributed by atoms with E-state index in [1.807, 2.05) is 24.3 Å². The van der Waals surface area contributed by atoms with E-state index in [-0.39, 0.29) is 24.1 Å². The number of carbonyl (C=O) groups is 1. The van der Waals surface area contributed by atoms with Gasteiger partial charge >= 0.3 is 0 Å². The van der Waals surface area contributed by atoms with E-state index < -0.39 is 5.82 Å². The van der Waals surface area contributed by atoms with Gasteiger partial charge in [-0.3, -0.25) is 4.79 Å². The van der Waals surface area contributed by atoms with Crippen molar-refractivity contribution in [3.05, 3.63) is 66.1 Å². The van der Waals surface area contributed by atoms with Gasteiger partial charge < -0.3 is 15.1 Å². The first-order valence-electron chi connectivity index (χ1n) is 10.4. The first-order chi connectivity index (χ1) is 14.9. The van der Waals surface area contributed by atoms with Crippen LogP contribution in [0.25, 0.3) is 22.3 Å². The molecule has 0 saturated carbocycles. The van der Waals surface area contributed by atoms with Crippen LogP contribution in [0.5, 0.6) is 5.75 Å². The average molecular weight is 420 g/mol. The van der Waals surface area contributed by atoms with Crippen LogP contribution in [0.3, 0.4) is 0 Å². The lowest BCUT2D eigenvalue weighted by Crippen LogP contribution is -2.36. The number of rotatable bonds is 5. The second-order valence-electron chi connectivity index (χ2n) is 8.01. The average Bonchev–Trinajstić information content (AvgIpc) is 2.76. The minimum atomic E-state index is -0.462. The number of aromatic hydroxyl groups is 1. The molecule has 160 valence electrons. The van der Waals surface area contributed by atoms with Crippen LogP contribution in [0.4, 0.5) is 10.2 Å². The molecule has 4 rings (SSSR count). The summed E-state index contributed by atoms with van der Waals surface area (Å²) in [5.74, 6) is 0.297. The highest BCUT2D eigenvalue weighted by Crippen LogP contribution is 2.39. The number of ketones is 1. The Balaban J connectivity index is 1.66. The standard InChI is InChI=1S/C25H25FN2O3/c1-16(29)13-19-6-5-17(14-23(19)26)21-3-2-4-22(25(21)31)18-7-10-27-24(15-18)28-11-8-20(30)9-12-28/h2-7,10,14-15,20,30-31H,8-9,11-13H2,1H3. The zero-order valence-electron chi connectivity index (χ0n) is 17.4. The number of aliphatic hydroxyl groups excluding tert-OH is 1. The highest BCUT2D eigenvalue weighted by atomic mass is 19.1. The summed E-state index contributed by atoms with van der Waals surface area (Å²) in [6.45, 7) is 2.89. The number of piperidine rings is 1.